The molecule has 1 heterocycles. The minimum absolute atomic E-state index is 0.453. The molecule has 7 heteroatoms. The summed E-state index contributed by atoms with van der Waals surface area (Å²) in [4.78, 5) is 3.83. The van der Waals surface area contributed by atoms with Crippen molar-refractivity contribution in [3.05, 3.63) is 46.5 Å². The van der Waals surface area contributed by atoms with Crippen molar-refractivity contribution in [3.8, 4) is 0 Å². The van der Waals surface area contributed by atoms with Crippen LogP contribution in [0.3, 0.4) is 0 Å². The smallest absolute Gasteiger partial charge is 0.137 e. The average Bonchev–Trinajstić information content (AvgIpc) is 2.85. The molecule has 1 N–H and O–H groups in total. The molecule has 0 atom stereocenters. The molecule has 0 spiro atoms. The molecule has 2 rings (SSSR count). The van der Waals surface area contributed by atoms with Crippen molar-refractivity contribution < 1.29 is 5.21 Å². The van der Waals surface area contributed by atoms with E-state index in [9.17, 15) is 0 Å². The Balaban J connectivity index is 2.14. The number of hydrogen-bond acceptors (Lipinski definition) is 4. The molecule has 0 bridgehead atoms. The van der Waals surface area contributed by atoms with Gasteiger partial charge < -0.3 is 5.21 Å². The van der Waals surface area contributed by atoms with E-state index in [0.29, 0.717) is 34.3 Å². The number of nitrogens with zero attached hydrogens (tertiary/aromatic N) is 4. The van der Waals surface area contributed by atoms with Crippen molar-refractivity contribution in [1.82, 2.24) is 14.8 Å². The van der Waals surface area contributed by atoms with E-state index < -0.39 is 0 Å². The van der Waals surface area contributed by atoms with Crippen molar-refractivity contribution in [3.63, 3.8) is 0 Å². The van der Waals surface area contributed by atoms with Crippen LogP contribution in [0.15, 0.2) is 36.0 Å². The first-order valence-corrected chi connectivity index (χ1v) is 5.95. The van der Waals surface area contributed by atoms with Crippen LogP contribution >= 0.6 is 23.2 Å². The van der Waals surface area contributed by atoms with Crippen LogP contribution < -0.4 is 0 Å². The van der Waals surface area contributed by atoms with Gasteiger partial charge in [0.2, 0.25) is 0 Å². The number of aryl methyl sites for hydroxylation is 1. The Morgan fingerprint density at radius 2 is 2.22 bits per heavy atom. The zero-order valence-electron chi connectivity index (χ0n) is 9.29. The van der Waals surface area contributed by atoms with Gasteiger partial charge in [0.15, 0.2) is 0 Å². The third-order valence-electron chi connectivity index (χ3n) is 2.41. The van der Waals surface area contributed by atoms with Gasteiger partial charge in [-0.1, -0.05) is 34.4 Å². The summed E-state index contributed by atoms with van der Waals surface area (Å²) in [6.45, 7) is 0.554. The number of rotatable bonds is 4. The monoisotopic (exact) mass is 284 g/mol. The zero-order valence-corrected chi connectivity index (χ0v) is 10.8. The van der Waals surface area contributed by atoms with Gasteiger partial charge in [0.1, 0.15) is 12.7 Å². The minimum Gasteiger partial charge on any atom is -0.411 e. The standard InChI is InChI=1S/C11H10Cl2N4O/c12-8-1-2-9(10(13)5-8)11(16-18)3-4-17-7-14-6-15-17/h1-2,5-7,18H,3-4H2. The first-order valence-electron chi connectivity index (χ1n) is 5.19. The molecule has 0 aliphatic heterocycles. The van der Waals surface area contributed by atoms with Crippen molar-refractivity contribution in [2.24, 2.45) is 5.16 Å². The van der Waals surface area contributed by atoms with E-state index in [4.69, 9.17) is 28.4 Å². The van der Waals surface area contributed by atoms with E-state index in [0.717, 1.165) is 0 Å². The molecule has 18 heavy (non-hydrogen) atoms. The Kier molecular flexibility index (Phi) is 4.17. The summed E-state index contributed by atoms with van der Waals surface area (Å²) in [6, 6.07) is 5.03. The molecule has 2 aromatic rings. The second-order valence-corrected chi connectivity index (χ2v) is 4.42. The highest BCUT2D eigenvalue weighted by Crippen LogP contribution is 2.22. The normalized spacial score (nSPS) is 11.8. The number of hydrogen-bond donors (Lipinski definition) is 1. The van der Waals surface area contributed by atoms with Gasteiger partial charge in [0.05, 0.1) is 10.7 Å². The maximum absolute atomic E-state index is 9.05. The number of aromatic nitrogens is 3. The summed E-state index contributed by atoms with van der Waals surface area (Å²) in [6.07, 6.45) is 3.53. The van der Waals surface area contributed by atoms with E-state index >= 15 is 0 Å². The first-order chi connectivity index (χ1) is 8.70. The molecule has 0 amide bonds. The Hall–Kier alpha value is -1.59. The third kappa shape index (κ3) is 3.00. The predicted molar refractivity (Wildman–Crippen MR) is 69.4 cm³/mol. The van der Waals surface area contributed by atoms with Crippen molar-refractivity contribution in [2.75, 3.05) is 0 Å². The predicted octanol–water partition coefficient (Wildman–Crippen LogP) is 2.85. The summed E-state index contributed by atoms with van der Waals surface area (Å²) in [5.41, 5.74) is 1.14. The lowest BCUT2D eigenvalue weighted by Gasteiger charge is -2.07. The molecule has 0 unspecified atom stereocenters. The topological polar surface area (TPSA) is 63.3 Å². The lowest BCUT2D eigenvalue weighted by Crippen LogP contribution is -2.08. The highest BCUT2D eigenvalue weighted by atomic mass is 35.5. The molecule has 5 nitrogen and oxygen atoms in total. The largest absolute Gasteiger partial charge is 0.411 e. The van der Waals surface area contributed by atoms with Gasteiger partial charge in [-0.15, -0.1) is 0 Å². The molecule has 0 aliphatic carbocycles. The fourth-order valence-corrected chi connectivity index (χ4v) is 2.05. The van der Waals surface area contributed by atoms with E-state index in [1.807, 2.05) is 0 Å². The SMILES string of the molecule is ON=C(CCn1cncn1)c1ccc(Cl)cc1Cl. The number of oxime groups is 1. The molecule has 1 aromatic heterocycles. The summed E-state index contributed by atoms with van der Waals surface area (Å²) < 4.78 is 1.65. The van der Waals surface area contributed by atoms with Crippen LogP contribution in [-0.4, -0.2) is 25.7 Å². The number of benzene rings is 1. The van der Waals surface area contributed by atoms with Crippen molar-refractivity contribution in [2.45, 2.75) is 13.0 Å². The van der Waals surface area contributed by atoms with Crippen molar-refractivity contribution >= 4 is 28.9 Å². The van der Waals surface area contributed by atoms with Gasteiger partial charge in [-0.05, 0) is 12.1 Å². The van der Waals surface area contributed by atoms with Crippen LogP contribution in [-0.2, 0) is 6.54 Å². The minimum atomic E-state index is 0.453. The number of halogens is 2. The van der Waals surface area contributed by atoms with Crippen LogP contribution in [0.5, 0.6) is 0 Å². The van der Waals surface area contributed by atoms with E-state index in [-0.39, 0.29) is 0 Å². The molecule has 0 radical (unpaired) electrons. The third-order valence-corrected chi connectivity index (χ3v) is 2.95. The van der Waals surface area contributed by atoms with Crippen LogP contribution in [0.1, 0.15) is 12.0 Å². The molecule has 1 aromatic carbocycles. The Labute approximate surface area is 114 Å². The zero-order chi connectivity index (χ0) is 13.0. The summed E-state index contributed by atoms with van der Waals surface area (Å²) in [5, 5.41) is 17.3. The highest BCUT2D eigenvalue weighted by molar-refractivity contribution is 6.37. The van der Waals surface area contributed by atoms with Crippen LogP contribution in [0.2, 0.25) is 10.0 Å². The fraction of sp³-hybridized carbons (Fsp3) is 0.182. The van der Waals surface area contributed by atoms with E-state index in [2.05, 4.69) is 15.2 Å². The highest BCUT2D eigenvalue weighted by Gasteiger charge is 2.10. The summed E-state index contributed by atoms with van der Waals surface area (Å²) in [5.74, 6) is 0. The molecular weight excluding hydrogens is 275 g/mol. The molecule has 0 saturated carbocycles. The molecule has 0 fully saturated rings. The van der Waals surface area contributed by atoms with Gasteiger partial charge in [-0.2, -0.15) is 5.10 Å². The van der Waals surface area contributed by atoms with Gasteiger partial charge in [0.25, 0.3) is 0 Å². The Bertz CT molecular complexity index is 554. The van der Waals surface area contributed by atoms with Gasteiger partial charge >= 0.3 is 0 Å². The summed E-state index contributed by atoms with van der Waals surface area (Å²) in [7, 11) is 0. The maximum Gasteiger partial charge on any atom is 0.137 e. The quantitative estimate of drug-likeness (QED) is 0.533. The molecular formula is C11H10Cl2N4O. The van der Waals surface area contributed by atoms with Crippen LogP contribution in [0.4, 0.5) is 0 Å². The lowest BCUT2D eigenvalue weighted by molar-refractivity contribution is 0.317. The van der Waals surface area contributed by atoms with Gasteiger partial charge in [-0.25, -0.2) is 4.98 Å². The van der Waals surface area contributed by atoms with Crippen LogP contribution in [0, 0.1) is 0 Å². The van der Waals surface area contributed by atoms with Crippen molar-refractivity contribution in [1.29, 1.82) is 0 Å². The Morgan fingerprint density at radius 1 is 1.39 bits per heavy atom. The lowest BCUT2D eigenvalue weighted by atomic mass is 10.1. The van der Waals surface area contributed by atoms with Gasteiger partial charge in [0, 0.05) is 23.6 Å². The molecule has 0 saturated heterocycles. The maximum atomic E-state index is 9.05. The Morgan fingerprint density at radius 3 is 2.83 bits per heavy atom. The molecule has 0 aliphatic rings. The van der Waals surface area contributed by atoms with E-state index in [1.165, 1.54) is 6.33 Å². The second kappa shape index (κ2) is 5.84. The van der Waals surface area contributed by atoms with Gasteiger partial charge in [-0.3, -0.25) is 4.68 Å². The second-order valence-electron chi connectivity index (χ2n) is 3.58. The first kappa shape index (κ1) is 12.9. The average molecular weight is 285 g/mol. The molecule has 94 valence electrons. The fourth-order valence-electron chi connectivity index (χ4n) is 1.53. The van der Waals surface area contributed by atoms with E-state index in [1.54, 1.807) is 29.2 Å². The van der Waals surface area contributed by atoms with Crippen LogP contribution in [0.25, 0.3) is 0 Å². The summed E-state index contributed by atoms with van der Waals surface area (Å²) >= 11 is 11.9.